The van der Waals surface area contributed by atoms with E-state index in [1.165, 1.54) is 11.2 Å². The van der Waals surface area contributed by atoms with Crippen LogP contribution in [0.1, 0.15) is 60.7 Å². The molecular formula is C27H27NO4. The second-order valence-electron chi connectivity index (χ2n) is 8.38. The lowest BCUT2D eigenvalue weighted by atomic mass is 9.93. The molecule has 1 aliphatic rings. The molecule has 32 heavy (non-hydrogen) atoms. The van der Waals surface area contributed by atoms with E-state index in [0.717, 1.165) is 23.1 Å². The fraction of sp³-hybridized carbons (Fsp3) is 0.259. The molecule has 2 aromatic carbocycles. The molecule has 5 nitrogen and oxygen atoms in total. The van der Waals surface area contributed by atoms with Crippen molar-refractivity contribution >= 4 is 17.4 Å². The number of carbonyl (C=O) groups excluding carboxylic acids is 2. The summed E-state index contributed by atoms with van der Waals surface area (Å²) in [4.78, 5) is 27.6. The maximum atomic E-state index is 13.1. The number of benzene rings is 2. The summed E-state index contributed by atoms with van der Waals surface area (Å²) in [5, 5.41) is 11.1. The summed E-state index contributed by atoms with van der Waals surface area (Å²) in [5.41, 5.74) is 3.67. The number of carbonyl (C=O) groups is 2. The van der Waals surface area contributed by atoms with E-state index in [4.69, 9.17) is 4.42 Å². The Labute approximate surface area is 188 Å². The van der Waals surface area contributed by atoms with Crippen molar-refractivity contribution < 1.29 is 19.1 Å². The van der Waals surface area contributed by atoms with E-state index in [1.807, 2.05) is 36.4 Å². The lowest BCUT2D eigenvalue weighted by Gasteiger charge is -2.25. The Morgan fingerprint density at radius 2 is 1.72 bits per heavy atom. The maximum absolute atomic E-state index is 13.1. The summed E-state index contributed by atoms with van der Waals surface area (Å²) in [5.74, 6) is -0.567. The molecule has 1 amide bonds. The Kier molecular flexibility index (Phi) is 5.99. The summed E-state index contributed by atoms with van der Waals surface area (Å²) in [6, 6.07) is 18.1. The average Bonchev–Trinajstić information content (AvgIpc) is 3.41. The van der Waals surface area contributed by atoms with E-state index in [0.29, 0.717) is 17.2 Å². The molecular weight excluding hydrogens is 402 g/mol. The largest absolute Gasteiger partial charge is 0.507 e. The minimum atomic E-state index is -0.702. The van der Waals surface area contributed by atoms with E-state index in [1.54, 1.807) is 24.3 Å². The standard InChI is InChI=1S/C27H27NO4/c1-4-18-7-9-21(10-8-18)25(29)23-24(20-13-11-19(12-14-20)17(2)3)28(27(31)26(23)30)16-22-6-5-15-32-22/h5-15,17,24,29H,4,16H2,1-3H3/b25-23-. The SMILES string of the molecule is CCc1ccc(/C(O)=C2/C(=O)C(=O)N(Cc3ccco3)C2c2ccc(C(C)C)cc2)cc1. The van der Waals surface area contributed by atoms with Crippen molar-refractivity contribution in [3.05, 3.63) is 101 Å². The van der Waals surface area contributed by atoms with Crippen molar-refractivity contribution in [3.63, 3.8) is 0 Å². The van der Waals surface area contributed by atoms with Crippen molar-refractivity contribution in [2.24, 2.45) is 0 Å². The topological polar surface area (TPSA) is 70.8 Å². The number of aliphatic hydroxyl groups excluding tert-OH is 1. The monoisotopic (exact) mass is 429 g/mol. The predicted molar refractivity (Wildman–Crippen MR) is 123 cm³/mol. The van der Waals surface area contributed by atoms with Gasteiger partial charge in [-0.2, -0.15) is 0 Å². The van der Waals surface area contributed by atoms with Gasteiger partial charge >= 0.3 is 0 Å². The Balaban J connectivity index is 1.83. The molecule has 0 spiro atoms. The molecule has 0 bridgehead atoms. The first-order valence-electron chi connectivity index (χ1n) is 10.9. The van der Waals surface area contributed by atoms with Crippen LogP contribution in [0.15, 0.2) is 76.9 Å². The number of Topliss-reactive ketones (excluding diaryl/α,β-unsaturated/α-hetero) is 1. The van der Waals surface area contributed by atoms with Crippen LogP contribution in [0.2, 0.25) is 0 Å². The number of hydrogen-bond acceptors (Lipinski definition) is 4. The summed E-state index contributed by atoms with van der Waals surface area (Å²) >= 11 is 0. The fourth-order valence-electron chi connectivity index (χ4n) is 4.08. The van der Waals surface area contributed by atoms with Gasteiger partial charge in [0, 0.05) is 5.56 Å². The number of furan rings is 1. The number of rotatable bonds is 6. The second-order valence-corrected chi connectivity index (χ2v) is 8.38. The van der Waals surface area contributed by atoms with Gasteiger partial charge in [-0.25, -0.2) is 0 Å². The van der Waals surface area contributed by atoms with E-state index in [9.17, 15) is 14.7 Å². The van der Waals surface area contributed by atoms with Crippen molar-refractivity contribution in [2.45, 2.75) is 45.7 Å². The van der Waals surface area contributed by atoms with Crippen LogP contribution in [0.3, 0.4) is 0 Å². The first-order valence-corrected chi connectivity index (χ1v) is 10.9. The van der Waals surface area contributed by atoms with Crippen LogP contribution in [0.4, 0.5) is 0 Å². The fourth-order valence-corrected chi connectivity index (χ4v) is 4.08. The molecule has 1 N–H and O–H groups in total. The quantitative estimate of drug-likeness (QED) is 0.315. The Morgan fingerprint density at radius 3 is 2.28 bits per heavy atom. The summed E-state index contributed by atoms with van der Waals surface area (Å²) in [7, 11) is 0. The Bertz CT molecular complexity index is 1140. The zero-order valence-electron chi connectivity index (χ0n) is 18.5. The number of hydrogen-bond donors (Lipinski definition) is 1. The molecule has 1 unspecified atom stereocenters. The molecule has 0 saturated carbocycles. The molecule has 1 aliphatic heterocycles. The van der Waals surface area contributed by atoms with Crippen molar-refractivity contribution in [1.82, 2.24) is 4.90 Å². The van der Waals surface area contributed by atoms with Gasteiger partial charge in [-0.15, -0.1) is 0 Å². The third-order valence-electron chi connectivity index (χ3n) is 6.00. The second kappa shape index (κ2) is 8.87. The van der Waals surface area contributed by atoms with E-state index in [-0.39, 0.29) is 17.9 Å². The average molecular weight is 430 g/mol. The summed E-state index contributed by atoms with van der Waals surface area (Å²) < 4.78 is 5.44. The van der Waals surface area contributed by atoms with Crippen LogP contribution >= 0.6 is 0 Å². The van der Waals surface area contributed by atoms with Gasteiger partial charge < -0.3 is 14.4 Å². The number of aryl methyl sites for hydroxylation is 1. The van der Waals surface area contributed by atoms with Gasteiger partial charge in [0.15, 0.2) is 0 Å². The first kappa shape index (κ1) is 21.6. The van der Waals surface area contributed by atoms with Crippen LogP contribution in [-0.2, 0) is 22.6 Å². The zero-order valence-corrected chi connectivity index (χ0v) is 18.5. The highest BCUT2D eigenvalue weighted by Gasteiger charge is 2.46. The van der Waals surface area contributed by atoms with Gasteiger partial charge in [0.05, 0.1) is 24.4 Å². The molecule has 1 saturated heterocycles. The molecule has 5 heteroatoms. The van der Waals surface area contributed by atoms with Crippen LogP contribution in [-0.4, -0.2) is 21.7 Å². The van der Waals surface area contributed by atoms with E-state index >= 15 is 0 Å². The highest BCUT2D eigenvalue weighted by Crippen LogP contribution is 2.40. The molecule has 1 aromatic heterocycles. The third kappa shape index (κ3) is 3.98. The number of nitrogens with zero attached hydrogens (tertiary/aromatic N) is 1. The molecule has 0 aliphatic carbocycles. The van der Waals surface area contributed by atoms with Gasteiger partial charge in [0.25, 0.3) is 11.7 Å². The van der Waals surface area contributed by atoms with Gasteiger partial charge in [-0.3, -0.25) is 9.59 Å². The highest BCUT2D eigenvalue weighted by atomic mass is 16.3. The molecule has 1 atom stereocenters. The van der Waals surface area contributed by atoms with Crippen LogP contribution in [0, 0.1) is 0 Å². The van der Waals surface area contributed by atoms with Crippen molar-refractivity contribution in [2.75, 3.05) is 0 Å². The number of likely N-dealkylation sites (tertiary alicyclic amines) is 1. The van der Waals surface area contributed by atoms with Gasteiger partial charge in [0.1, 0.15) is 11.5 Å². The van der Waals surface area contributed by atoms with Crippen LogP contribution < -0.4 is 0 Å². The van der Waals surface area contributed by atoms with Crippen molar-refractivity contribution in [1.29, 1.82) is 0 Å². The minimum Gasteiger partial charge on any atom is -0.507 e. The van der Waals surface area contributed by atoms with E-state index in [2.05, 4.69) is 20.8 Å². The number of ketones is 1. The van der Waals surface area contributed by atoms with Gasteiger partial charge in [-0.05, 0) is 41.2 Å². The van der Waals surface area contributed by atoms with Crippen LogP contribution in [0.5, 0.6) is 0 Å². The van der Waals surface area contributed by atoms with E-state index < -0.39 is 17.7 Å². The molecule has 4 rings (SSSR count). The minimum absolute atomic E-state index is 0.100. The lowest BCUT2D eigenvalue weighted by molar-refractivity contribution is -0.140. The smallest absolute Gasteiger partial charge is 0.296 e. The third-order valence-corrected chi connectivity index (χ3v) is 6.00. The summed E-state index contributed by atoms with van der Waals surface area (Å²) in [6.45, 7) is 6.41. The lowest BCUT2D eigenvalue weighted by Crippen LogP contribution is -2.29. The molecule has 2 heterocycles. The Morgan fingerprint density at radius 1 is 1.03 bits per heavy atom. The van der Waals surface area contributed by atoms with Crippen LogP contribution in [0.25, 0.3) is 5.76 Å². The van der Waals surface area contributed by atoms with Gasteiger partial charge in [-0.1, -0.05) is 69.3 Å². The number of amides is 1. The number of aliphatic hydroxyl groups is 1. The molecule has 1 fully saturated rings. The molecule has 164 valence electrons. The summed E-state index contributed by atoms with van der Waals surface area (Å²) in [6.07, 6.45) is 2.41. The predicted octanol–water partition coefficient (Wildman–Crippen LogP) is 5.59. The highest BCUT2D eigenvalue weighted by molar-refractivity contribution is 6.46. The Hall–Kier alpha value is -3.60. The maximum Gasteiger partial charge on any atom is 0.296 e. The molecule has 3 aromatic rings. The van der Waals surface area contributed by atoms with Gasteiger partial charge in [0.2, 0.25) is 0 Å². The molecule has 0 radical (unpaired) electrons. The zero-order chi connectivity index (χ0) is 22.8. The normalized spacial score (nSPS) is 18.0. The first-order chi connectivity index (χ1) is 15.4. The van der Waals surface area contributed by atoms with Crippen molar-refractivity contribution in [3.8, 4) is 0 Å².